The maximum atomic E-state index is 12.5. The van der Waals surface area contributed by atoms with Crippen molar-refractivity contribution >= 4 is 23.4 Å². The third kappa shape index (κ3) is 3.60. The van der Waals surface area contributed by atoms with Gasteiger partial charge in [0.15, 0.2) is 0 Å². The lowest BCUT2D eigenvalue weighted by molar-refractivity contribution is 0.102. The van der Waals surface area contributed by atoms with Crippen molar-refractivity contribution in [2.45, 2.75) is 13.3 Å². The Hall–Kier alpha value is -3.60. The summed E-state index contributed by atoms with van der Waals surface area (Å²) in [4.78, 5) is 24.0. The quantitative estimate of drug-likeness (QED) is 0.525. The van der Waals surface area contributed by atoms with Gasteiger partial charge in [-0.25, -0.2) is 4.79 Å². The van der Waals surface area contributed by atoms with Crippen molar-refractivity contribution in [3.8, 4) is 11.1 Å². The van der Waals surface area contributed by atoms with Crippen molar-refractivity contribution < 1.29 is 14.3 Å². The summed E-state index contributed by atoms with van der Waals surface area (Å²) in [6.07, 6.45) is 0.363. The molecular formula is C23H20N2O3. The van der Waals surface area contributed by atoms with Crippen LogP contribution in [0.4, 0.5) is 16.2 Å². The number of carbonyl (C=O) groups excluding carboxylic acids is 2. The molecule has 0 atom stereocenters. The number of amides is 2. The lowest BCUT2D eigenvalue weighted by Crippen LogP contribution is -2.14. The molecule has 1 aliphatic carbocycles. The van der Waals surface area contributed by atoms with Crippen LogP contribution in [0.1, 0.15) is 28.4 Å². The van der Waals surface area contributed by atoms with E-state index in [2.05, 4.69) is 28.8 Å². The van der Waals surface area contributed by atoms with Gasteiger partial charge >= 0.3 is 6.09 Å². The van der Waals surface area contributed by atoms with Crippen molar-refractivity contribution in [3.05, 3.63) is 83.4 Å². The van der Waals surface area contributed by atoms with Crippen LogP contribution in [0.3, 0.4) is 0 Å². The summed E-state index contributed by atoms with van der Waals surface area (Å²) in [5.74, 6) is -0.196. The Kier molecular flexibility index (Phi) is 4.81. The molecule has 0 saturated heterocycles. The van der Waals surface area contributed by atoms with Crippen LogP contribution in [0.5, 0.6) is 0 Å². The van der Waals surface area contributed by atoms with Crippen LogP contribution in [-0.4, -0.2) is 18.6 Å². The maximum absolute atomic E-state index is 12.5. The van der Waals surface area contributed by atoms with Crippen molar-refractivity contribution in [3.63, 3.8) is 0 Å². The van der Waals surface area contributed by atoms with Crippen LogP contribution in [0, 0.1) is 0 Å². The van der Waals surface area contributed by atoms with Gasteiger partial charge in [-0.3, -0.25) is 10.1 Å². The molecule has 5 nitrogen and oxygen atoms in total. The van der Waals surface area contributed by atoms with E-state index in [4.69, 9.17) is 4.74 Å². The number of ether oxygens (including phenoxy) is 1. The van der Waals surface area contributed by atoms with E-state index in [0.29, 0.717) is 17.9 Å². The normalized spacial score (nSPS) is 11.3. The van der Waals surface area contributed by atoms with Gasteiger partial charge in [-0.1, -0.05) is 30.3 Å². The predicted octanol–water partition coefficient (Wildman–Crippen LogP) is 5.08. The summed E-state index contributed by atoms with van der Waals surface area (Å²) in [5, 5.41) is 5.55. The molecule has 140 valence electrons. The first kappa shape index (κ1) is 17.8. The average molecular weight is 372 g/mol. The van der Waals surface area contributed by atoms with Crippen LogP contribution in [0.2, 0.25) is 0 Å². The Morgan fingerprint density at radius 1 is 0.857 bits per heavy atom. The summed E-state index contributed by atoms with van der Waals surface area (Å²) in [6.45, 7) is 2.04. The second-order valence-electron chi connectivity index (χ2n) is 6.58. The van der Waals surface area contributed by atoms with Gasteiger partial charge < -0.3 is 10.1 Å². The van der Waals surface area contributed by atoms with E-state index in [1.54, 1.807) is 31.2 Å². The zero-order chi connectivity index (χ0) is 19.5. The number of anilines is 2. The highest BCUT2D eigenvalue weighted by atomic mass is 16.5. The third-order valence-corrected chi connectivity index (χ3v) is 4.72. The van der Waals surface area contributed by atoms with Gasteiger partial charge in [0.1, 0.15) is 0 Å². The minimum Gasteiger partial charge on any atom is -0.450 e. The molecule has 0 radical (unpaired) electrons. The number of carbonyl (C=O) groups is 2. The van der Waals surface area contributed by atoms with E-state index in [0.717, 1.165) is 12.1 Å². The molecule has 4 rings (SSSR count). The molecule has 0 bridgehead atoms. The number of rotatable bonds is 4. The molecule has 0 aliphatic heterocycles. The Morgan fingerprint density at radius 3 is 2.36 bits per heavy atom. The molecular weight excluding hydrogens is 352 g/mol. The SMILES string of the molecule is CCOC(=O)Nc1ccc(C(=O)Nc2ccc3c(c2)Cc2ccccc2-3)cc1. The van der Waals surface area contributed by atoms with Crippen LogP contribution >= 0.6 is 0 Å². The predicted molar refractivity (Wildman–Crippen MR) is 110 cm³/mol. The highest BCUT2D eigenvalue weighted by Gasteiger charge is 2.18. The highest BCUT2D eigenvalue weighted by molar-refractivity contribution is 6.04. The molecule has 28 heavy (non-hydrogen) atoms. The van der Waals surface area contributed by atoms with E-state index < -0.39 is 6.09 Å². The van der Waals surface area contributed by atoms with Gasteiger partial charge in [-0.15, -0.1) is 0 Å². The number of benzene rings is 3. The van der Waals surface area contributed by atoms with Gasteiger partial charge in [0, 0.05) is 16.9 Å². The van der Waals surface area contributed by atoms with Crippen LogP contribution in [-0.2, 0) is 11.2 Å². The molecule has 3 aromatic rings. The third-order valence-electron chi connectivity index (χ3n) is 4.72. The summed E-state index contributed by atoms with van der Waals surface area (Å²) >= 11 is 0. The fraction of sp³-hybridized carbons (Fsp3) is 0.130. The first-order chi connectivity index (χ1) is 13.6. The number of hydrogen-bond donors (Lipinski definition) is 2. The molecule has 0 aromatic heterocycles. The second-order valence-corrected chi connectivity index (χ2v) is 6.58. The van der Waals surface area contributed by atoms with Crippen LogP contribution in [0.25, 0.3) is 11.1 Å². The second kappa shape index (κ2) is 7.56. The molecule has 0 saturated carbocycles. The minimum absolute atomic E-state index is 0.196. The average Bonchev–Trinajstić information content (AvgIpc) is 3.06. The van der Waals surface area contributed by atoms with Crippen LogP contribution in [0.15, 0.2) is 66.7 Å². The lowest BCUT2D eigenvalue weighted by atomic mass is 10.1. The van der Waals surface area contributed by atoms with Gasteiger partial charge in [0.25, 0.3) is 5.91 Å². The van der Waals surface area contributed by atoms with E-state index in [1.807, 2.05) is 24.3 Å². The Balaban J connectivity index is 1.44. The van der Waals surface area contributed by atoms with Gasteiger partial charge in [-0.05, 0) is 72.0 Å². The Bertz CT molecular complexity index is 1040. The molecule has 0 spiro atoms. The van der Waals surface area contributed by atoms with Crippen molar-refractivity contribution in [2.75, 3.05) is 17.2 Å². The van der Waals surface area contributed by atoms with Crippen molar-refractivity contribution in [2.24, 2.45) is 0 Å². The summed E-state index contributed by atoms with van der Waals surface area (Å²) in [7, 11) is 0. The molecule has 3 aromatic carbocycles. The van der Waals surface area contributed by atoms with Gasteiger partial charge in [-0.2, -0.15) is 0 Å². The van der Waals surface area contributed by atoms with Gasteiger partial charge in [0.2, 0.25) is 0 Å². The fourth-order valence-corrected chi connectivity index (χ4v) is 3.42. The smallest absolute Gasteiger partial charge is 0.411 e. The molecule has 0 heterocycles. The first-order valence-corrected chi connectivity index (χ1v) is 9.20. The standard InChI is InChI=1S/C23H20N2O3/c1-2-28-23(27)25-18-9-7-15(8-10-18)22(26)24-19-11-12-21-17(14-19)13-16-5-3-4-6-20(16)21/h3-12,14H,2,13H2,1H3,(H,24,26)(H,25,27). The first-order valence-electron chi connectivity index (χ1n) is 9.20. The maximum Gasteiger partial charge on any atom is 0.411 e. The van der Waals surface area contributed by atoms with E-state index in [-0.39, 0.29) is 5.91 Å². The lowest BCUT2D eigenvalue weighted by Gasteiger charge is -2.09. The Labute approximate surface area is 163 Å². The number of hydrogen-bond acceptors (Lipinski definition) is 3. The number of nitrogens with one attached hydrogen (secondary N) is 2. The summed E-state index contributed by atoms with van der Waals surface area (Å²) in [5.41, 5.74) is 6.87. The van der Waals surface area contributed by atoms with E-state index in [9.17, 15) is 9.59 Å². The van der Waals surface area contributed by atoms with Crippen LogP contribution < -0.4 is 10.6 Å². The molecule has 1 aliphatic rings. The summed E-state index contributed by atoms with van der Waals surface area (Å²) < 4.78 is 4.83. The summed E-state index contributed by atoms with van der Waals surface area (Å²) in [6, 6.07) is 21.1. The molecule has 0 fully saturated rings. The molecule has 0 unspecified atom stereocenters. The largest absolute Gasteiger partial charge is 0.450 e. The molecule has 2 amide bonds. The van der Waals surface area contributed by atoms with Crippen molar-refractivity contribution in [1.29, 1.82) is 0 Å². The minimum atomic E-state index is -0.515. The fourth-order valence-electron chi connectivity index (χ4n) is 3.42. The monoisotopic (exact) mass is 372 g/mol. The van der Waals surface area contributed by atoms with E-state index in [1.165, 1.54) is 22.3 Å². The Morgan fingerprint density at radius 2 is 1.57 bits per heavy atom. The zero-order valence-electron chi connectivity index (χ0n) is 15.5. The molecule has 5 heteroatoms. The zero-order valence-corrected chi connectivity index (χ0v) is 15.5. The van der Waals surface area contributed by atoms with E-state index >= 15 is 0 Å². The highest BCUT2D eigenvalue weighted by Crippen LogP contribution is 2.37. The van der Waals surface area contributed by atoms with Gasteiger partial charge in [0.05, 0.1) is 6.61 Å². The van der Waals surface area contributed by atoms with Crippen molar-refractivity contribution in [1.82, 2.24) is 0 Å². The topological polar surface area (TPSA) is 67.4 Å². The molecule has 2 N–H and O–H groups in total. The number of fused-ring (bicyclic) bond motifs is 3.